The quantitative estimate of drug-likeness (QED) is 0.736. The maximum Gasteiger partial charge on any atom is 0.222 e. The number of rotatable bonds is 6. The van der Waals surface area contributed by atoms with Gasteiger partial charge in [0.05, 0.1) is 12.7 Å². The maximum atomic E-state index is 12.7. The number of methoxy groups -OCH3 is 1. The van der Waals surface area contributed by atoms with E-state index in [9.17, 15) is 4.79 Å². The number of hydrogen-bond acceptors (Lipinski definition) is 4. The number of nitrogens with one attached hydrogen (secondary N) is 1. The third-order valence-corrected chi connectivity index (χ3v) is 9.03. The molecule has 5 heteroatoms. The van der Waals surface area contributed by atoms with Crippen LogP contribution in [0.4, 0.5) is 5.69 Å². The summed E-state index contributed by atoms with van der Waals surface area (Å²) in [5.41, 5.74) is 2.99. The second-order valence-electron chi connectivity index (χ2n) is 10.8. The minimum absolute atomic E-state index is 0.121. The van der Waals surface area contributed by atoms with Gasteiger partial charge in [-0.2, -0.15) is 0 Å². The number of benzene rings is 1. The molecule has 31 heavy (non-hydrogen) atoms. The summed E-state index contributed by atoms with van der Waals surface area (Å²) in [6.45, 7) is 8.29. The molecule has 0 radical (unpaired) electrons. The lowest BCUT2D eigenvalue weighted by atomic mass is 9.58. The molecule has 2 saturated carbocycles. The maximum absolute atomic E-state index is 12.7. The monoisotopic (exact) mass is 426 g/mol. The molecule has 1 aromatic carbocycles. The van der Waals surface area contributed by atoms with Gasteiger partial charge in [-0.25, -0.2) is 0 Å². The molecule has 5 rings (SSSR count). The van der Waals surface area contributed by atoms with Crippen LogP contribution in [0.2, 0.25) is 0 Å². The Morgan fingerprint density at radius 2 is 2.03 bits per heavy atom. The van der Waals surface area contributed by atoms with Crippen molar-refractivity contribution in [3.8, 4) is 0 Å². The SMILES string of the molecule is COCCC(=O)N[C@H]1C(C)(C)[C@@H]2C[C@@H]3[C@@H](c4ccccc4N4CCCC4)OCC[C@@]31C2. The number of carbonyl (C=O) groups is 1. The second-order valence-corrected chi connectivity index (χ2v) is 10.8. The zero-order chi connectivity index (χ0) is 21.6. The van der Waals surface area contributed by atoms with E-state index in [4.69, 9.17) is 9.47 Å². The van der Waals surface area contributed by atoms with Crippen molar-refractivity contribution in [3.63, 3.8) is 0 Å². The minimum atomic E-state index is 0.121. The number of para-hydroxylation sites is 1. The smallest absolute Gasteiger partial charge is 0.222 e. The van der Waals surface area contributed by atoms with E-state index in [2.05, 4.69) is 48.3 Å². The lowest BCUT2D eigenvalue weighted by Crippen LogP contribution is -2.59. The third kappa shape index (κ3) is 3.39. The number of nitrogens with zero attached hydrogens (tertiary/aromatic N) is 1. The highest BCUT2D eigenvalue weighted by atomic mass is 16.5. The number of ether oxygens (including phenoxy) is 2. The Labute approximate surface area is 186 Å². The first-order valence-corrected chi connectivity index (χ1v) is 12.2. The van der Waals surface area contributed by atoms with E-state index in [1.807, 2.05) is 0 Å². The summed E-state index contributed by atoms with van der Waals surface area (Å²) in [4.78, 5) is 15.3. The van der Waals surface area contributed by atoms with Crippen LogP contribution < -0.4 is 10.2 Å². The van der Waals surface area contributed by atoms with Crippen molar-refractivity contribution in [2.45, 2.75) is 64.5 Å². The van der Waals surface area contributed by atoms with Crippen molar-refractivity contribution in [2.24, 2.45) is 22.7 Å². The summed E-state index contributed by atoms with van der Waals surface area (Å²) in [5, 5.41) is 3.48. The van der Waals surface area contributed by atoms with E-state index in [1.54, 1.807) is 7.11 Å². The standard InChI is InChI=1S/C26H38N2O3/c1-25(2)18-16-20-23(19-8-4-5-9-21(19)28-12-6-7-13-28)31-15-11-26(20,17-18)24(25)27-22(29)10-14-30-3/h4-5,8-9,18,20,23-24H,6-7,10-17H2,1-3H3,(H,27,29)/t18-,20-,23-,24+,26-/m1/s1. The summed E-state index contributed by atoms with van der Waals surface area (Å²) in [6, 6.07) is 9.12. The summed E-state index contributed by atoms with van der Waals surface area (Å²) in [6.07, 6.45) is 6.59. The average Bonchev–Trinajstić information content (AvgIpc) is 3.47. The predicted molar refractivity (Wildman–Crippen MR) is 122 cm³/mol. The highest BCUT2D eigenvalue weighted by Gasteiger charge is 2.68. The van der Waals surface area contributed by atoms with E-state index in [0.717, 1.165) is 26.1 Å². The molecule has 2 bridgehead atoms. The van der Waals surface area contributed by atoms with Gasteiger partial charge in [0.1, 0.15) is 0 Å². The average molecular weight is 427 g/mol. The normalized spacial score (nSPS) is 35.9. The molecule has 5 atom stereocenters. The fourth-order valence-electron chi connectivity index (χ4n) is 7.50. The topological polar surface area (TPSA) is 50.8 Å². The molecule has 2 aliphatic carbocycles. The lowest BCUT2D eigenvalue weighted by molar-refractivity contribution is -0.137. The molecular formula is C26H38N2O3. The molecule has 5 nitrogen and oxygen atoms in total. The first-order chi connectivity index (χ1) is 15.0. The van der Waals surface area contributed by atoms with Gasteiger partial charge in [-0.1, -0.05) is 32.0 Å². The van der Waals surface area contributed by atoms with Crippen LogP contribution in [0.5, 0.6) is 0 Å². The van der Waals surface area contributed by atoms with Crippen molar-refractivity contribution >= 4 is 11.6 Å². The molecule has 4 fully saturated rings. The molecule has 2 heterocycles. The van der Waals surface area contributed by atoms with Crippen molar-refractivity contribution in [1.29, 1.82) is 0 Å². The van der Waals surface area contributed by atoms with Gasteiger partial charge in [0.15, 0.2) is 0 Å². The van der Waals surface area contributed by atoms with E-state index >= 15 is 0 Å². The summed E-state index contributed by atoms with van der Waals surface area (Å²) in [7, 11) is 1.66. The molecule has 170 valence electrons. The zero-order valence-corrected chi connectivity index (χ0v) is 19.4. The molecular weight excluding hydrogens is 388 g/mol. The molecule has 1 amide bonds. The van der Waals surface area contributed by atoms with E-state index in [0.29, 0.717) is 24.9 Å². The van der Waals surface area contributed by atoms with Gasteiger partial charge < -0.3 is 19.7 Å². The second kappa shape index (κ2) is 8.08. The van der Waals surface area contributed by atoms with Gasteiger partial charge in [-0.05, 0) is 60.8 Å². The highest BCUT2D eigenvalue weighted by Crippen LogP contribution is 2.70. The first-order valence-electron chi connectivity index (χ1n) is 12.2. The van der Waals surface area contributed by atoms with Crippen molar-refractivity contribution < 1.29 is 14.3 Å². The number of carbonyl (C=O) groups excluding carboxylic acids is 1. The third-order valence-electron chi connectivity index (χ3n) is 9.03. The Kier molecular flexibility index (Phi) is 5.54. The van der Waals surface area contributed by atoms with Crippen LogP contribution >= 0.6 is 0 Å². The molecule has 2 saturated heterocycles. The Hall–Kier alpha value is -1.59. The Morgan fingerprint density at radius 3 is 2.81 bits per heavy atom. The van der Waals surface area contributed by atoms with Crippen LogP contribution in [-0.2, 0) is 14.3 Å². The van der Waals surface area contributed by atoms with Gasteiger partial charge in [0.2, 0.25) is 5.91 Å². The predicted octanol–water partition coefficient (Wildman–Crippen LogP) is 4.32. The fraction of sp³-hybridized carbons (Fsp3) is 0.731. The first kappa shape index (κ1) is 21.3. The number of fused-ring (bicyclic) bond motifs is 1. The summed E-state index contributed by atoms with van der Waals surface area (Å²) in [5.74, 6) is 1.23. The van der Waals surface area contributed by atoms with Gasteiger partial charge in [0.25, 0.3) is 0 Å². The summed E-state index contributed by atoms with van der Waals surface area (Å²) < 4.78 is 11.7. The van der Waals surface area contributed by atoms with Gasteiger partial charge in [0, 0.05) is 50.5 Å². The van der Waals surface area contributed by atoms with Crippen molar-refractivity contribution in [3.05, 3.63) is 29.8 Å². The zero-order valence-electron chi connectivity index (χ0n) is 19.4. The highest BCUT2D eigenvalue weighted by molar-refractivity contribution is 5.76. The minimum Gasteiger partial charge on any atom is -0.384 e. The number of anilines is 1. The van der Waals surface area contributed by atoms with E-state index in [1.165, 1.54) is 36.9 Å². The van der Waals surface area contributed by atoms with Crippen LogP contribution in [-0.4, -0.2) is 45.4 Å². The van der Waals surface area contributed by atoms with Gasteiger partial charge in [-0.3, -0.25) is 4.79 Å². The van der Waals surface area contributed by atoms with Crippen LogP contribution in [0.1, 0.15) is 64.0 Å². The molecule has 4 aliphatic rings. The van der Waals surface area contributed by atoms with Crippen LogP contribution in [0.25, 0.3) is 0 Å². The van der Waals surface area contributed by atoms with Gasteiger partial charge >= 0.3 is 0 Å². The molecule has 2 aliphatic heterocycles. The Bertz CT molecular complexity index is 819. The van der Waals surface area contributed by atoms with Crippen LogP contribution in [0, 0.1) is 22.7 Å². The van der Waals surface area contributed by atoms with Crippen LogP contribution in [0.15, 0.2) is 24.3 Å². The van der Waals surface area contributed by atoms with E-state index < -0.39 is 0 Å². The molecule has 1 spiro atoms. The largest absolute Gasteiger partial charge is 0.384 e. The van der Waals surface area contributed by atoms with Crippen molar-refractivity contribution in [2.75, 3.05) is 38.3 Å². The van der Waals surface area contributed by atoms with Gasteiger partial charge in [-0.15, -0.1) is 0 Å². The number of amides is 1. The van der Waals surface area contributed by atoms with E-state index in [-0.39, 0.29) is 28.9 Å². The number of hydrogen-bond donors (Lipinski definition) is 1. The fourth-order valence-corrected chi connectivity index (χ4v) is 7.50. The Morgan fingerprint density at radius 1 is 1.26 bits per heavy atom. The van der Waals surface area contributed by atoms with Crippen molar-refractivity contribution in [1.82, 2.24) is 5.32 Å². The lowest BCUT2D eigenvalue weighted by Gasteiger charge is -2.53. The van der Waals surface area contributed by atoms with Crippen LogP contribution in [0.3, 0.4) is 0 Å². The molecule has 1 aromatic rings. The molecule has 0 aromatic heterocycles. The summed E-state index contributed by atoms with van der Waals surface area (Å²) >= 11 is 0. The Balaban J connectivity index is 1.46. The molecule has 0 unspecified atom stereocenters. The molecule has 1 N–H and O–H groups in total.